The van der Waals surface area contributed by atoms with Gasteiger partial charge in [0, 0.05) is 0 Å². The van der Waals surface area contributed by atoms with Gasteiger partial charge >= 0.3 is 6.15 Å². The number of rotatable bonds is 2. The van der Waals surface area contributed by atoms with Crippen LogP contribution in [0.4, 0.5) is 0 Å². The van der Waals surface area contributed by atoms with Gasteiger partial charge in [-0.25, -0.2) is 0 Å². The summed E-state index contributed by atoms with van der Waals surface area (Å²) in [4.78, 5) is 16.2. The summed E-state index contributed by atoms with van der Waals surface area (Å²) in [5, 5.41) is 0. The molecule has 0 aliphatic rings. The first-order chi connectivity index (χ1) is 6.65. The first-order valence-electron chi connectivity index (χ1n) is 4.73. The van der Waals surface area contributed by atoms with Crippen molar-refractivity contribution in [3.8, 4) is 0 Å². The van der Waals surface area contributed by atoms with E-state index >= 15 is 0 Å². The molecule has 0 saturated carbocycles. The average Bonchev–Trinajstić information content (AvgIpc) is 2.19. The molecule has 0 heterocycles. The van der Waals surface area contributed by atoms with Crippen molar-refractivity contribution in [2.24, 2.45) is 0 Å². The highest BCUT2D eigenvalue weighted by molar-refractivity contribution is 5.24. The molecule has 0 atom stereocenters. The predicted molar refractivity (Wildman–Crippen MR) is 54.9 cm³/mol. The van der Waals surface area contributed by atoms with E-state index in [-0.39, 0.29) is 6.15 Å². The fourth-order valence-electron chi connectivity index (χ4n) is 1.14. The molecular formula is C12H16O2. The zero-order chi connectivity index (χ0) is 11.0. The van der Waals surface area contributed by atoms with Crippen LogP contribution in [0, 0.1) is 0 Å². The molecule has 14 heavy (non-hydrogen) atoms. The van der Waals surface area contributed by atoms with Crippen LogP contribution in [0.5, 0.6) is 0 Å². The smallest absolute Gasteiger partial charge is 0.186 e. The zero-order valence-corrected chi connectivity index (χ0v) is 8.91. The van der Waals surface area contributed by atoms with E-state index in [2.05, 4.69) is 45.0 Å². The highest BCUT2D eigenvalue weighted by Crippen LogP contribution is 2.14. The van der Waals surface area contributed by atoms with E-state index in [9.17, 15) is 0 Å². The molecule has 2 nitrogen and oxygen atoms in total. The molecule has 0 amide bonds. The molecule has 0 radical (unpaired) electrons. The molecule has 0 aromatic heterocycles. The van der Waals surface area contributed by atoms with Crippen molar-refractivity contribution in [3.05, 3.63) is 35.4 Å². The Bertz CT molecular complexity index is 280. The Morgan fingerprint density at radius 2 is 1.57 bits per heavy atom. The average molecular weight is 192 g/mol. The van der Waals surface area contributed by atoms with Crippen molar-refractivity contribution in [1.29, 1.82) is 0 Å². The van der Waals surface area contributed by atoms with Crippen LogP contribution in [-0.4, -0.2) is 6.15 Å². The number of benzene rings is 1. The van der Waals surface area contributed by atoms with E-state index in [1.54, 1.807) is 0 Å². The Morgan fingerprint density at radius 1 is 1.14 bits per heavy atom. The highest BCUT2D eigenvalue weighted by Gasteiger charge is 1.96. The van der Waals surface area contributed by atoms with Crippen LogP contribution in [0.25, 0.3) is 0 Å². The SMILES string of the molecule is CCc1ccc(C(C)C)cc1.O=C=O. The Hall–Kier alpha value is -1.40. The van der Waals surface area contributed by atoms with Gasteiger partial charge in [0.1, 0.15) is 0 Å². The van der Waals surface area contributed by atoms with Crippen LogP contribution in [-0.2, 0) is 16.0 Å². The summed E-state index contributed by atoms with van der Waals surface area (Å²) in [5.41, 5.74) is 2.86. The number of aryl methyl sites for hydroxylation is 1. The van der Waals surface area contributed by atoms with Crippen molar-refractivity contribution in [2.45, 2.75) is 33.1 Å². The van der Waals surface area contributed by atoms with Crippen molar-refractivity contribution in [1.82, 2.24) is 0 Å². The van der Waals surface area contributed by atoms with Crippen molar-refractivity contribution in [3.63, 3.8) is 0 Å². The maximum absolute atomic E-state index is 8.12. The number of hydrogen-bond acceptors (Lipinski definition) is 2. The highest BCUT2D eigenvalue weighted by atomic mass is 16.2. The molecule has 2 heteroatoms. The summed E-state index contributed by atoms with van der Waals surface area (Å²) in [5.74, 6) is 0.654. The Morgan fingerprint density at radius 3 is 1.86 bits per heavy atom. The molecule has 0 spiro atoms. The van der Waals surface area contributed by atoms with Crippen LogP contribution in [0.3, 0.4) is 0 Å². The van der Waals surface area contributed by atoms with Gasteiger partial charge in [-0.15, -0.1) is 0 Å². The topological polar surface area (TPSA) is 34.1 Å². The second-order valence-corrected chi connectivity index (χ2v) is 3.33. The third-order valence-electron chi connectivity index (χ3n) is 2.05. The van der Waals surface area contributed by atoms with E-state index < -0.39 is 0 Å². The second kappa shape index (κ2) is 7.05. The Balaban J connectivity index is 0.000000500. The van der Waals surface area contributed by atoms with E-state index in [1.165, 1.54) is 11.1 Å². The lowest BCUT2D eigenvalue weighted by atomic mass is 10.0. The molecule has 0 aliphatic heterocycles. The lowest BCUT2D eigenvalue weighted by Gasteiger charge is -2.04. The van der Waals surface area contributed by atoms with Crippen LogP contribution >= 0.6 is 0 Å². The first-order valence-corrected chi connectivity index (χ1v) is 4.73. The van der Waals surface area contributed by atoms with Gasteiger partial charge in [0.15, 0.2) is 0 Å². The summed E-state index contributed by atoms with van der Waals surface area (Å²) in [6, 6.07) is 8.89. The summed E-state index contributed by atoms with van der Waals surface area (Å²) < 4.78 is 0. The van der Waals surface area contributed by atoms with Gasteiger partial charge in [0.05, 0.1) is 0 Å². The maximum atomic E-state index is 8.12. The minimum atomic E-state index is 0.250. The zero-order valence-electron chi connectivity index (χ0n) is 8.91. The maximum Gasteiger partial charge on any atom is 0.373 e. The van der Waals surface area contributed by atoms with E-state index in [1.807, 2.05) is 0 Å². The lowest BCUT2D eigenvalue weighted by molar-refractivity contribution is -0.191. The third kappa shape index (κ3) is 4.58. The minimum absolute atomic E-state index is 0.250. The minimum Gasteiger partial charge on any atom is -0.186 e. The molecular weight excluding hydrogens is 176 g/mol. The molecule has 1 aromatic carbocycles. The van der Waals surface area contributed by atoms with Crippen LogP contribution in [0.2, 0.25) is 0 Å². The van der Waals surface area contributed by atoms with Crippen LogP contribution < -0.4 is 0 Å². The summed E-state index contributed by atoms with van der Waals surface area (Å²) in [6.45, 7) is 6.63. The monoisotopic (exact) mass is 192 g/mol. The van der Waals surface area contributed by atoms with Gasteiger partial charge in [-0.1, -0.05) is 45.0 Å². The molecule has 0 aliphatic carbocycles. The number of hydrogen-bond donors (Lipinski definition) is 0. The Kier molecular flexibility index (Phi) is 6.34. The second-order valence-electron chi connectivity index (χ2n) is 3.33. The molecule has 1 aromatic rings. The lowest BCUT2D eigenvalue weighted by Crippen LogP contribution is -1.87. The summed E-state index contributed by atoms with van der Waals surface area (Å²) >= 11 is 0. The van der Waals surface area contributed by atoms with Crippen molar-refractivity contribution < 1.29 is 9.59 Å². The third-order valence-corrected chi connectivity index (χ3v) is 2.05. The number of carbonyl (C=O) groups excluding carboxylic acids is 2. The van der Waals surface area contributed by atoms with E-state index in [0.29, 0.717) is 5.92 Å². The molecule has 1 rings (SSSR count). The fourth-order valence-corrected chi connectivity index (χ4v) is 1.14. The largest absolute Gasteiger partial charge is 0.373 e. The van der Waals surface area contributed by atoms with Crippen molar-refractivity contribution in [2.75, 3.05) is 0 Å². The van der Waals surface area contributed by atoms with Gasteiger partial charge in [0.25, 0.3) is 0 Å². The standard InChI is InChI=1S/C11H16.CO2/c1-4-10-5-7-11(8-6-10)9(2)3;2-1-3/h5-9H,4H2,1-3H3;. The van der Waals surface area contributed by atoms with Crippen LogP contribution in [0.1, 0.15) is 37.8 Å². The van der Waals surface area contributed by atoms with Gasteiger partial charge in [-0.2, -0.15) is 9.59 Å². The fraction of sp³-hybridized carbons (Fsp3) is 0.417. The molecule has 0 bridgehead atoms. The first kappa shape index (κ1) is 12.6. The van der Waals surface area contributed by atoms with E-state index in [0.717, 1.165) is 6.42 Å². The summed E-state index contributed by atoms with van der Waals surface area (Å²) in [7, 11) is 0. The molecule has 0 N–H and O–H groups in total. The molecule has 0 fully saturated rings. The normalized spacial score (nSPS) is 8.86. The van der Waals surface area contributed by atoms with Gasteiger partial charge < -0.3 is 0 Å². The van der Waals surface area contributed by atoms with Gasteiger partial charge in [-0.05, 0) is 23.5 Å². The van der Waals surface area contributed by atoms with Gasteiger partial charge in [-0.3, -0.25) is 0 Å². The molecule has 76 valence electrons. The van der Waals surface area contributed by atoms with Gasteiger partial charge in [0.2, 0.25) is 0 Å². The molecule has 0 saturated heterocycles. The van der Waals surface area contributed by atoms with E-state index in [4.69, 9.17) is 9.59 Å². The quantitative estimate of drug-likeness (QED) is 0.722. The van der Waals surface area contributed by atoms with Crippen LogP contribution in [0.15, 0.2) is 24.3 Å². The van der Waals surface area contributed by atoms with Crippen molar-refractivity contribution >= 4 is 6.15 Å². The summed E-state index contributed by atoms with van der Waals surface area (Å²) in [6.07, 6.45) is 1.39. The Labute approximate surface area is 84.9 Å². The predicted octanol–water partition coefficient (Wildman–Crippen LogP) is 2.79. The molecule has 0 unspecified atom stereocenters.